The first-order valence-electron chi connectivity index (χ1n) is 5.83. The van der Waals surface area contributed by atoms with Crippen molar-refractivity contribution in [2.45, 2.75) is 6.04 Å². The van der Waals surface area contributed by atoms with E-state index in [0.717, 1.165) is 11.1 Å². The summed E-state index contributed by atoms with van der Waals surface area (Å²) < 4.78 is 1.46. The van der Waals surface area contributed by atoms with E-state index in [4.69, 9.17) is 0 Å². The Bertz CT molecular complexity index is 604. The number of urea groups is 1. The number of nitrogens with zero attached hydrogens (tertiary/aromatic N) is 4. The predicted molar refractivity (Wildman–Crippen MR) is 66.0 cm³/mol. The van der Waals surface area contributed by atoms with Crippen molar-refractivity contribution in [1.82, 2.24) is 19.4 Å². The maximum atomic E-state index is 11.8. The fourth-order valence-corrected chi connectivity index (χ4v) is 2.54. The molecule has 0 saturated carbocycles. The highest BCUT2D eigenvalue weighted by molar-refractivity contribution is 5.85. The van der Waals surface area contributed by atoms with Gasteiger partial charge in [-0.25, -0.2) is 14.6 Å². The molecule has 0 radical (unpaired) electrons. The topological polar surface area (TPSA) is 58.4 Å². The van der Waals surface area contributed by atoms with Crippen molar-refractivity contribution in [3.8, 4) is 0 Å². The zero-order chi connectivity index (χ0) is 12.9. The van der Waals surface area contributed by atoms with Crippen LogP contribution >= 0.6 is 0 Å². The molecule has 6 heteroatoms. The van der Waals surface area contributed by atoms with Gasteiger partial charge in [0.2, 0.25) is 0 Å². The van der Waals surface area contributed by atoms with Crippen molar-refractivity contribution in [3.63, 3.8) is 0 Å². The van der Waals surface area contributed by atoms with E-state index in [-0.39, 0.29) is 17.8 Å². The van der Waals surface area contributed by atoms with Crippen LogP contribution in [0, 0.1) is 0 Å². The summed E-state index contributed by atoms with van der Waals surface area (Å²) in [4.78, 5) is 30.5. The molecule has 2 aliphatic heterocycles. The molecule has 2 aliphatic rings. The molecule has 1 atom stereocenters. The maximum Gasteiger partial charge on any atom is 0.347 e. The average molecular weight is 246 g/mol. The van der Waals surface area contributed by atoms with Crippen LogP contribution in [0.4, 0.5) is 4.79 Å². The van der Waals surface area contributed by atoms with Gasteiger partial charge >= 0.3 is 11.7 Å². The Morgan fingerprint density at radius 2 is 2.11 bits per heavy atom. The van der Waals surface area contributed by atoms with Crippen molar-refractivity contribution in [2.75, 3.05) is 20.1 Å². The second-order valence-electron chi connectivity index (χ2n) is 4.71. The normalized spacial score (nSPS) is 22.4. The Kier molecular flexibility index (Phi) is 2.26. The van der Waals surface area contributed by atoms with E-state index in [1.807, 2.05) is 18.0 Å². The Hall–Kier alpha value is -2.11. The highest BCUT2D eigenvalue weighted by Crippen LogP contribution is 2.30. The minimum Gasteiger partial charge on any atom is -0.319 e. The summed E-state index contributed by atoms with van der Waals surface area (Å²) in [6.07, 6.45) is 5.39. The molecule has 2 amide bonds. The van der Waals surface area contributed by atoms with E-state index in [9.17, 15) is 9.59 Å². The summed E-state index contributed by atoms with van der Waals surface area (Å²) in [5.41, 5.74) is 1.71. The lowest BCUT2D eigenvalue weighted by Gasteiger charge is -2.23. The van der Waals surface area contributed by atoms with E-state index in [0.29, 0.717) is 13.1 Å². The third-order valence-electron chi connectivity index (χ3n) is 3.61. The molecule has 1 unspecified atom stereocenters. The Labute approximate surface area is 104 Å². The average Bonchev–Trinajstić information content (AvgIpc) is 2.59. The first kappa shape index (κ1) is 11.0. The van der Waals surface area contributed by atoms with Gasteiger partial charge in [-0.1, -0.05) is 6.08 Å². The molecule has 0 aliphatic carbocycles. The van der Waals surface area contributed by atoms with Gasteiger partial charge in [0.15, 0.2) is 0 Å². The molecular formula is C12H14N4O2. The van der Waals surface area contributed by atoms with Crippen molar-refractivity contribution in [3.05, 3.63) is 34.5 Å². The van der Waals surface area contributed by atoms with Crippen LogP contribution in [0.15, 0.2) is 23.3 Å². The number of aryl methyl sites for hydroxylation is 1. The summed E-state index contributed by atoms with van der Waals surface area (Å²) in [6, 6.07) is 0.120. The van der Waals surface area contributed by atoms with Gasteiger partial charge in [-0.05, 0) is 5.57 Å². The van der Waals surface area contributed by atoms with Gasteiger partial charge in [0.05, 0.1) is 6.04 Å². The van der Waals surface area contributed by atoms with E-state index in [1.165, 1.54) is 4.57 Å². The second kappa shape index (κ2) is 3.69. The SMILES string of the molecule is CN1C(=O)N2CC=C(c3cnc(=O)n(C)c3)C1C2. The molecule has 18 heavy (non-hydrogen) atoms. The molecule has 0 spiro atoms. The molecule has 1 aromatic rings. The highest BCUT2D eigenvalue weighted by Gasteiger charge is 2.39. The maximum absolute atomic E-state index is 11.8. The van der Waals surface area contributed by atoms with Gasteiger partial charge in [0.1, 0.15) is 0 Å². The molecule has 1 fully saturated rings. The molecule has 6 nitrogen and oxygen atoms in total. The lowest BCUT2D eigenvalue weighted by Crippen LogP contribution is -2.31. The smallest absolute Gasteiger partial charge is 0.319 e. The van der Waals surface area contributed by atoms with Crippen LogP contribution in [0.2, 0.25) is 0 Å². The van der Waals surface area contributed by atoms with E-state index < -0.39 is 0 Å². The molecule has 3 rings (SSSR count). The number of fused-ring (bicyclic) bond motifs is 2. The molecule has 3 heterocycles. The molecule has 0 N–H and O–H groups in total. The monoisotopic (exact) mass is 246 g/mol. The zero-order valence-electron chi connectivity index (χ0n) is 10.3. The van der Waals surface area contributed by atoms with Crippen LogP contribution in [0.5, 0.6) is 0 Å². The van der Waals surface area contributed by atoms with Crippen LogP contribution in [-0.4, -0.2) is 51.6 Å². The first-order chi connectivity index (χ1) is 8.58. The standard InChI is InChI=1S/C12H14N4O2/c1-14-6-8(5-13-11(14)17)9-3-4-16-7-10(9)15(2)12(16)18/h3,5-6,10H,4,7H2,1-2H3. The molecule has 2 bridgehead atoms. The van der Waals surface area contributed by atoms with E-state index in [1.54, 1.807) is 24.3 Å². The summed E-state index contributed by atoms with van der Waals surface area (Å²) in [6.45, 7) is 1.34. The Morgan fingerprint density at radius 1 is 1.33 bits per heavy atom. The number of hydrogen-bond donors (Lipinski definition) is 0. The van der Waals surface area contributed by atoms with Crippen molar-refractivity contribution >= 4 is 11.6 Å². The molecule has 1 aromatic heterocycles. The largest absolute Gasteiger partial charge is 0.347 e. The van der Waals surface area contributed by atoms with Crippen molar-refractivity contribution < 1.29 is 4.79 Å². The Balaban J connectivity index is 2.02. The molecule has 0 aromatic carbocycles. The van der Waals surface area contributed by atoms with Gasteiger partial charge in [0.25, 0.3) is 0 Å². The van der Waals surface area contributed by atoms with E-state index in [2.05, 4.69) is 4.98 Å². The van der Waals surface area contributed by atoms with Crippen molar-refractivity contribution in [2.24, 2.45) is 7.05 Å². The van der Waals surface area contributed by atoms with Gasteiger partial charge in [0, 0.05) is 45.1 Å². The van der Waals surface area contributed by atoms with Crippen LogP contribution in [0.3, 0.4) is 0 Å². The minimum absolute atomic E-state index is 0.0593. The lowest BCUT2D eigenvalue weighted by molar-refractivity contribution is 0.202. The van der Waals surface area contributed by atoms with E-state index >= 15 is 0 Å². The number of aromatic nitrogens is 2. The number of likely N-dealkylation sites (N-methyl/N-ethyl adjacent to an activating group) is 1. The molecule has 94 valence electrons. The second-order valence-corrected chi connectivity index (χ2v) is 4.71. The first-order valence-corrected chi connectivity index (χ1v) is 5.83. The fourth-order valence-electron chi connectivity index (χ4n) is 2.54. The zero-order valence-corrected chi connectivity index (χ0v) is 10.3. The fraction of sp³-hybridized carbons (Fsp3) is 0.417. The number of rotatable bonds is 1. The molecular weight excluding hydrogens is 232 g/mol. The summed E-state index contributed by atoms with van der Waals surface area (Å²) in [5.74, 6) is 0. The summed E-state index contributed by atoms with van der Waals surface area (Å²) >= 11 is 0. The molecule has 1 saturated heterocycles. The van der Waals surface area contributed by atoms with Crippen LogP contribution in [-0.2, 0) is 7.05 Å². The summed E-state index contributed by atoms with van der Waals surface area (Å²) in [7, 11) is 3.49. The van der Waals surface area contributed by atoms with Crippen LogP contribution in [0.25, 0.3) is 5.57 Å². The van der Waals surface area contributed by atoms with Gasteiger partial charge < -0.3 is 14.4 Å². The number of carbonyl (C=O) groups is 1. The quantitative estimate of drug-likeness (QED) is 0.696. The van der Waals surface area contributed by atoms with Crippen molar-refractivity contribution in [1.29, 1.82) is 0 Å². The number of hydrogen-bond acceptors (Lipinski definition) is 3. The van der Waals surface area contributed by atoms with Gasteiger partial charge in [-0.2, -0.15) is 0 Å². The van der Waals surface area contributed by atoms with Crippen LogP contribution in [0.1, 0.15) is 5.56 Å². The lowest BCUT2D eigenvalue weighted by atomic mass is 9.98. The third kappa shape index (κ3) is 1.45. The number of amides is 2. The number of carbonyl (C=O) groups excluding carboxylic acids is 1. The summed E-state index contributed by atoms with van der Waals surface area (Å²) in [5, 5.41) is 0. The van der Waals surface area contributed by atoms with Gasteiger partial charge in [-0.3, -0.25) is 0 Å². The van der Waals surface area contributed by atoms with Gasteiger partial charge in [-0.15, -0.1) is 0 Å². The minimum atomic E-state index is -0.271. The predicted octanol–water partition coefficient (Wildman–Crippen LogP) is -0.0867. The highest BCUT2D eigenvalue weighted by atomic mass is 16.2. The third-order valence-corrected chi connectivity index (χ3v) is 3.61. The van der Waals surface area contributed by atoms with Crippen LogP contribution < -0.4 is 5.69 Å². The Morgan fingerprint density at radius 3 is 2.83 bits per heavy atom.